The van der Waals surface area contributed by atoms with Crippen molar-refractivity contribution in [2.45, 2.75) is 19.4 Å². The van der Waals surface area contributed by atoms with E-state index in [0.29, 0.717) is 10.7 Å². The average molecular weight is 230 g/mol. The van der Waals surface area contributed by atoms with E-state index in [1.54, 1.807) is 7.05 Å². The van der Waals surface area contributed by atoms with Crippen LogP contribution in [0.4, 0.5) is 0 Å². The van der Waals surface area contributed by atoms with Crippen LogP contribution in [0.15, 0.2) is 6.20 Å². The number of Topliss-reactive ketones (excluding diaryl/α,β-unsaturated/α-hetero) is 1. The van der Waals surface area contributed by atoms with E-state index in [4.69, 9.17) is 11.6 Å². The second kappa shape index (κ2) is 3.94. The quantitative estimate of drug-likeness (QED) is 0.739. The van der Waals surface area contributed by atoms with Crippen molar-refractivity contribution in [3.8, 4) is 0 Å². The Hall–Kier alpha value is -0.870. The first-order valence-corrected chi connectivity index (χ1v) is 5.06. The minimum absolute atomic E-state index is 0.0301. The van der Waals surface area contributed by atoms with E-state index >= 15 is 0 Å². The standard InChI is InChI=1S/C10H16ClN3O/c1-10(2,13(3)4)9(15)8-7(11)6-12-14(8)5/h6H,1-5H3. The molecule has 4 nitrogen and oxygen atoms in total. The first-order chi connectivity index (χ1) is 6.78. The highest BCUT2D eigenvalue weighted by atomic mass is 35.5. The first-order valence-electron chi connectivity index (χ1n) is 4.68. The van der Waals surface area contributed by atoms with E-state index in [1.165, 1.54) is 10.9 Å². The minimum atomic E-state index is -0.586. The molecule has 5 heteroatoms. The number of ketones is 1. The fraction of sp³-hybridized carbons (Fsp3) is 0.600. The molecule has 0 N–H and O–H groups in total. The summed E-state index contributed by atoms with van der Waals surface area (Å²) in [5.74, 6) is -0.0301. The third-order valence-electron chi connectivity index (χ3n) is 2.78. The van der Waals surface area contributed by atoms with Crippen LogP contribution in [0.25, 0.3) is 0 Å². The second-order valence-electron chi connectivity index (χ2n) is 4.25. The Labute approximate surface area is 94.8 Å². The molecule has 0 atom stereocenters. The van der Waals surface area contributed by atoms with E-state index in [-0.39, 0.29) is 5.78 Å². The molecule has 15 heavy (non-hydrogen) atoms. The summed E-state index contributed by atoms with van der Waals surface area (Å²) in [6.07, 6.45) is 1.49. The number of likely N-dealkylation sites (N-methyl/N-ethyl adjacent to an activating group) is 1. The maximum atomic E-state index is 12.2. The van der Waals surface area contributed by atoms with Crippen LogP contribution < -0.4 is 0 Å². The van der Waals surface area contributed by atoms with Gasteiger partial charge in [0.05, 0.1) is 16.8 Å². The zero-order chi connectivity index (χ0) is 11.8. The Bertz CT molecular complexity index is 363. The van der Waals surface area contributed by atoms with Crippen LogP contribution >= 0.6 is 11.6 Å². The molecule has 0 radical (unpaired) electrons. The fourth-order valence-electron chi connectivity index (χ4n) is 1.16. The van der Waals surface area contributed by atoms with Gasteiger partial charge in [0, 0.05) is 7.05 Å². The molecule has 0 aliphatic heterocycles. The lowest BCUT2D eigenvalue weighted by atomic mass is 9.95. The van der Waals surface area contributed by atoms with Crippen molar-refractivity contribution in [2.24, 2.45) is 7.05 Å². The highest BCUT2D eigenvalue weighted by Crippen LogP contribution is 2.22. The van der Waals surface area contributed by atoms with Gasteiger partial charge in [0.2, 0.25) is 5.78 Å². The van der Waals surface area contributed by atoms with Gasteiger partial charge in [0.25, 0.3) is 0 Å². The van der Waals surface area contributed by atoms with E-state index < -0.39 is 5.54 Å². The highest BCUT2D eigenvalue weighted by Gasteiger charge is 2.34. The molecule has 0 aliphatic rings. The minimum Gasteiger partial charge on any atom is -0.297 e. The van der Waals surface area contributed by atoms with Gasteiger partial charge in [-0.2, -0.15) is 5.10 Å². The Morgan fingerprint density at radius 1 is 1.53 bits per heavy atom. The number of nitrogens with zero attached hydrogens (tertiary/aromatic N) is 3. The molecular formula is C10H16ClN3O. The second-order valence-corrected chi connectivity index (χ2v) is 4.65. The number of rotatable bonds is 3. The van der Waals surface area contributed by atoms with Gasteiger partial charge in [-0.15, -0.1) is 0 Å². The predicted molar refractivity (Wildman–Crippen MR) is 60.3 cm³/mol. The van der Waals surface area contributed by atoms with Crippen LogP contribution in [-0.2, 0) is 7.05 Å². The molecule has 0 unspecified atom stereocenters. The molecular weight excluding hydrogens is 214 g/mol. The molecule has 0 aromatic carbocycles. The topological polar surface area (TPSA) is 38.1 Å². The normalized spacial score (nSPS) is 12.2. The highest BCUT2D eigenvalue weighted by molar-refractivity contribution is 6.34. The SMILES string of the molecule is CN(C)C(C)(C)C(=O)c1c(Cl)cnn1C. The number of aryl methyl sites for hydroxylation is 1. The Kier molecular flexibility index (Phi) is 3.21. The van der Waals surface area contributed by atoms with Gasteiger partial charge in [0.15, 0.2) is 0 Å². The summed E-state index contributed by atoms with van der Waals surface area (Å²) in [6.45, 7) is 3.72. The molecule has 0 fully saturated rings. The van der Waals surface area contributed by atoms with Crippen LogP contribution in [0.1, 0.15) is 24.3 Å². The van der Waals surface area contributed by atoms with Crippen LogP contribution in [0.3, 0.4) is 0 Å². The third kappa shape index (κ3) is 2.06. The van der Waals surface area contributed by atoms with Crippen molar-refractivity contribution in [3.05, 3.63) is 16.9 Å². The van der Waals surface area contributed by atoms with Crippen molar-refractivity contribution in [1.82, 2.24) is 14.7 Å². The Balaban J connectivity index is 3.16. The zero-order valence-corrected chi connectivity index (χ0v) is 10.5. The predicted octanol–water partition coefficient (Wildman–Crippen LogP) is 1.60. The molecule has 0 amide bonds. The van der Waals surface area contributed by atoms with E-state index in [0.717, 1.165) is 0 Å². The number of halogens is 1. The van der Waals surface area contributed by atoms with Crippen molar-refractivity contribution in [2.75, 3.05) is 14.1 Å². The smallest absolute Gasteiger partial charge is 0.201 e. The molecule has 1 aromatic heterocycles. The van der Waals surface area contributed by atoms with Crippen molar-refractivity contribution in [3.63, 3.8) is 0 Å². The summed E-state index contributed by atoms with van der Waals surface area (Å²) in [6, 6.07) is 0. The molecule has 1 aromatic rings. The van der Waals surface area contributed by atoms with Gasteiger partial charge >= 0.3 is 0 Å². The van der Waals surface area contributed by atoms with Crippen LogP contribution in [0, 0.1) is 0 Å². The first kappa shape index (κ1) is 12.2. The van der Waals surface area contributed by atoms with E-state index in [1.807, 2.05) is 32.8 Å². The number of carbonyl (C=O) groups excluding carboxylic acids is 1. The van der Waals surface area contributed by atoms with Crippen LogP contribution in [0.5, 0.6) is 0 Å². The lowest BCUT2D eigenvalue weighted by molar-refractivity contribution is 0.0745. The molecule has 1 heterocycles. The summed E-state index contributed by atoms with van der Waals surface area (Å²) in [5.41, 5.74) is -0.132. The number of carbonyl (C=O) groups is 1. The number of hydrogen-bond acceptors (Lipinski definition) is 3. The van der Waals surface area contributed by atoms with Gasteiger partial charge < -0.3 is 0 Å². The molecule has 84 valence electrons. The number of aromatic nitrogens is 2. The molecule has 0 saturated heterocycles. The lowest BCUT2D eigenvalue weighted by Gasteiger charge is -2.30. The molecule has 0 spiro atoms. The molecule has 0 bridgehead atoms. The average Bonchev–Trinajstić information content (AvgIpc) is 2.45. The van der Waals surface area contributed by atoms with E-state index in [9.17, 15) is 4.79 Å². The third-order valence-corrected chi connectivity index (χ3v) is 3.06. The van der Waals surface area contributed by atoms with E-state index in [2.05, 4.69) is 5.10 Å². The van der Waals surface area contributed by atoms with Gasteiger partial charge in [-0.3, -0.25) is 14.4 Å². The summed E-state index contributed by atoms with van der Waals surface area (Å²) in [5, 5.41) is 4.36. The van der Waals surface area contributed by atoms with Crippen molar-refractivity contribution < 1.29 is 4.79 Å². The molecule has 0 aliphatic carbocycles. The zero-order valence-electron chi connectivity index (χ0n) is 9.71. The Morgan fingerprint density at radius 3 is 2.40 bits per heavy atom. The largest absolute Gasteiger partial charge is 0.297 e. The van der Waals surface area contributed by atoms with Gasteiger partial charge in [-0.1, -0.05) is 11.6 Å². The van der Waals surface area contributed by atoms with Crippen molar-refractivity contribution >= 4 is 17.4 Å². The van der Waals surface area contributed by atoms with Gasteiger partial charge in [0.1, 0.15) is 5.69 Å². The van der Waals surface area contributed by atoms with Gasteiger partial charge in [-0.25, -0.2) is 0 Å². The van der Waals surface area contributed by atoms with Crippen LogP contribution in [0.2, 0.25) is 5.02 Å². The summed E-state index contributed by atoms with van der Waals surface area (Å²) in [4.78, 5) is 14.1. The maximum absolute atomic E-state index is 12.2. The lowest BCUT2D eigenvalue weighted by Crippen LogP contribution is -2.46. The molecule has 1 rings (SSSR count). The molecule has 0 saturated carbocycles. The van der Waals surface area contributed by atoms with Crippen molar-refractivity contribution in [1.29, 1.82) is 0 Å². The maximum Gasteiger partial charge on any atom is 0.201 e. The Morgan fingerprint density at radius 2 is 2.07 bits per heavy atom. The fourth-order valence-corrected chi connectivity index (χ4v) is 1.41. The summed E-state index contributed by atoms with van der Waals surface area (Å²) >= 11 is 5.93. The monoisotopic (exact) mass is 229 g/mol. The number of hydrogen-bond donors (Lipinski definition) is 0. The summed E-state index contributed by atoms with van der Waals surface area (Å²) in [7, 11) is 5.44. The van der Waals surface area contributed by atoms with Crippen LogP contribution in [-0.4, -0.2) is 40.1 Å². The van der Waals surface area contributed by atoms with Gasteiger partial charge in [-0.05, 0) is 27.9 Å². The summed E-state index contributed by atoms with van der Waals surface area (Å²) < 4.78 is 1.51.